The first kappa shape index (κ1) is 14.2. The second-order valence-corrected chi connectivity index (χ2v) is 4.91. The summed E-state index contributed by atoms with van der Waals surface area (Å²) in [6.45, 7) is 6.25. The molecule has 0 aliphatic heterocycles. The topological polar surface area (TPSA) is 54.9 Å². The van der Waals surface area contributed by atoms with Gasteiger partial charge in [0.15, 0.2) is 0 Å². The molecule has 1 amide bonds. The fourth-order valence-electron chi connectivity index (χ4n) is 2.12. The zero-order chi connectivity index (χ0) is 14.5. The van der Waals surface area contributed by atoms with Gasteiger partial charge in [-0.05, 0) is 42.5 Å². The van der Waals surface area contributed by atoms with E-state index in [4.69, 9.17) is 0 Å². The first-order chi connectivity index (χ1) is 9.63. The number of aromatic nitrogens is 2. The van der Waals surface area contributed by atoms with Crippen LogP contribution in [0.3, 0.4) is 0 Å². The quantitative estimate of drug-likeness (QED) is 0.920. The van der Waals surface area contributed by atoms with Crippen LogP contribution >= 0.6 is 0 Å². The summed E-state index contributed by atoms with van der Waals surface area (Å²) in [4.78, 5) is 20.5. The highest BCUT2D eigenvalue weighted by atomic mass is 16.1. The van der Waals surface area contributed by atoms with Crippen LogP contribution in [-0.2, 0) is 0 Å². The van der Waals surface area contributed by atoms with Crippen LogP contribution in [0, 0.1) is 6.92 Å². The maximum absolute atomic E-state index is 12.3. The van der Waals surface area contributed by atoms with Gasteiger partial charge in [-0.25, -0.2) is 0 Å². The number of hydrogen-bond donors (Lipinski definition) is 1. The van der Waals surface area contributed by atoms with Crippen molar-refractivity contribution < 1.29 is 6.22 Å². The molecule has 0 saturated heterocycles. The Balaban J connectivity index is 0.00000220. The van der Waals surface area contributed by atoms with E-state index in [0.29, 0.717) is 17.2 Å². The zero-order valence-electron chi connectivity index (χ0n) is 12.1. The Labute approximate surface area is 120 Å². The van der Waals surface area contributed by atoms with Crippen LogP contribution < -0.4 is 5.32 Å². The molecular weight excluding hydrogens is 250 g/mol. The van der Waals surface area contributed by atoms with Crippen molar-refractivity contribution in [2.45, 2.75) is 33.1 Å². The zero-order valence-corrected chi connectivity index (χ0v) is 12.1. The normalized spacial score (nSPS) is 11.9. The van der Waals surface area contributed by atoms with Crippen molar-refractivity contribution in [3.05, 3.63) is 53.6 Å². The molecule has 4 nitrogen and oxygen atoms in total. The number of nitrogens with one attached hydrogen (secondary N) is 1. The Bertz CT molecular complexity index is 602. The molecule has 1 N–H and O–H groups in total. The smallest absolute Gasteiger partial charge is 0.257 e. The van der Waals surface area contributed by atoms with Crippen molar-refractivity contribution in [1.29, 1.82) is 0 Å². The Hall–Kier alpha value is -2.23. The van der Waals surface area contributed by atoms with Gasteiger partial charge in [-0.3, -0.25) is 14.8 Å². The summed E-state index contributed by atoms with van der Waals surface area (Å²) in [5.74, 6) is 0.252. The second-order valence-electron chi connectivity index (χ2n) is 4.91. The summed E-state index contributed by atoms with van der Waals surface area (Å²) in [7, 11) is 0. The number of amides is 1. The summed E-state index contributed by atoms with van der Waals surface area (Å²) in [6.07, 6.45) is 7.79. The van der Waals surface area contributed by atoms with Crippen molar-refractivity contribution in [3.63, 3.8) is 0 Å². The van der Waals surface area contributed by atoms with Gasteiger partial charge in [-0.15, -0.1) is 0 Å². The molecule has 0 aliphatic rings. The van der Waals surface area contributed by atoms with Gasteiger partial charge in [0.25, 0.3) is 5.91 Å². The summed E-state index contributed by atoms with van der Waals surface area (Å²) in [6, 6.07) is 3.60. The number of anilines is 1. The molecule has 20 heavy (non-hydrogen) atoms. The highest BCUT2D eigenvalue weighted by molar-refractivity contribution is 6.05. The lowest BCUT2D eigenvalue weighted by molar-refractivity contribution is 0.102. The third-order valence-corrected chi connectivity index (χ3v) is 3.56. The van der Waals surface area contributed by atoms with E-state index in [1.165, 1.54) is 0 Å². The Kier molecular flexibility index (Phi) is 4.45. The molecule has 2 aromatic rings. The predicted molar refractivity (Wildman–Crippen MR) is 82.0 cm³/mol. The van der Waals surface area contributed by atoms with Crippen LogP contribution in [0.4, 0.5) is 5.69 Å². The van der Waals surface area contributed by atoms with Crippen molar-refractivity contribution >= 4 is 11.6 Å². The van der Waals surface area contributed by atoms with E-state index in [-0.39, 0.29) is 7.33 Å². The Morgan fingerprint density at radius 2 is 2.15 bits per heavy atom. The van der Waals surface area contributed by atoms with Gasteiger partial charge < -0.3 is 5.32 Å². The summed E-state index contributed by atoms with van der Waals surface area (Å²) < 4.78 is 0. The molecule has 4 heteroatoms. The SMILES string of the molecule is CCC(C)c1cncc(C(=O)Nc2cccnc2)c1C.[HH]. The van der Waals surface area contributed by atoms with Crippen molar-refractivity contribution in [2.24, 2.45) is 0 Å². The molecule has 106 valence electrons. The average molecular weight is 271 g/mol. The van der Waals surface area contributed by atoms with Gasteiger partial charge in [0.05, 0.1) is 17.4 Å². The van der Waals surface area contributed by atoms with Crippen molar-refractivity contribution in [3.8, 4) is 0 Å². The minimum absolute atomic E-state index is 0. The molecule has 0 fully saturated rings. The van der Waals surface area contributed by atoms with E-state index in [1.807, 2.05) is 19.2 Å². The van der Waals surface area contributed by atoms with Crippen molar-refractivity contribution in [1.82, 2.24) is 9.97 Å². The summed E-state index contributed by atoms with van der Waals surface area (Å²) >= 11 is 0. The molecule has 0 aromatic carbocycles. The van der Waals surface area contributed by atoms with E-state index in [0.717, 1.165) is 17.5 Å². The standard InChI is InChI=1S/C16H19N3O.H2/c1-4-11(2)14-9-18-10-15(12(14)3)16(20)19-13-6-5-7-17-8-13;/h5-11H,4H2,1-3H3,(H,19,20);1H. The van der Waals surface area contributed by atoms with E-state index in [9.17, 15) is 4.79 Å². The van der Waals surface area contributed by atoms with Crippen LogP contribution in [0.2, 0.25) is 0 Å². The molecule has 0 saturated carbocycles. The van der Waals surface area contributed by atoms with Gasteiger partial charge in [-0.1, -0.05) is 13.8 Å². The van der Waals surface area contributed by atoms with Crippen LogP contribution in [0.15, 0.2) is 36.9 Å². The lowest BCUT2D eigenvalue weighted by atomic mass is 9.93. The lowest BCUT2D eigenvalue weighted by Gasteiger charge is -2.15. The lowest BCUT2D eigenvalue weighted by Crippen LogP contribution is -2.15. The van der Waals surface area contributed by atoms with Gasteiger partial charge in [0.2, 0.25) is 0 Å². The van der Waals surface area contributed by atoms with Gasteiger partial charge >= 0.3 is 0 Å². The molecular formula is C16H21N3O. The maximum Gasteiger partial charge on any atom is 0.257 e. The van der Waals surface area contributed by atoms with Gasteiger partial charge in [0.1, 0.15) is 0 Å². The van der Waals surface area contributed by atoms with Crippen LogP contribution in [-0.4, -0.2) is 15.9 Å². The molecule has 0 spiro atoms. The van der Waals surface area contributed by atoms with Crippen LogP contribution in [0.5, 0.6) is 0 Å². The minimum Gasteiger partial charge on any atom is -0.321 e. The van der Waals surface area contributed by atoms with E-state index < -0.39 is 0 Å². The van der Waals surface area contributed by atoms with Crippen LogP contribution in [0.25, 0.3) is 0 Å². The second kappa shape index (κ2) is 6.28. The third kappa shape index (κ3) is 3.02. The highest BCUT2D eigenvalue weighted by Crippen LogP contribution is 2.24. The molecule has 2 aromatic heterocycles. The third-order valence-electron chi connectivity index (χ3n) is 3.56. The van der Waals surface area contributed by atoms with Gasteiger partial charge in [0, 0.05) is 20.0 Å². The number of pyridine rings is 2. The largest absolute Gasteiger partial charge is 0.321 e. The fraction of sp³-hybridized carbons (Fsp3) is 0.312. The molecule has 2 heterocycles. The number of nitrogens with zero attached hydrogens (tertiary/aromatic N) is 2. The first-order valence-corrected chi connectivity index (χ1v) is 6.79. The van der Waals surface area contributed by atoms with Crippen LogP contribution in [0.1, 0.15) is 49.1 Å². The minimum atomic E-state index is -0.145. The molecule has 0 radical (unpaired) electrons. The van der Waals surface area contributed by atoms with E-state index in [2.05, 4.69) is 29.1 Å². The monoisotopic (exact) mass is 271 g/mol. The number of hydrogen-bond acceptors (Lipinski definition) is 3. The Morgan fingerprint density at radius 3 is 2.80 bits per heavy atom. The number of carbonyl (C=O) groups excluding carboxylic acids is 1. The van der Waals surface area contributed by atoms with E-state index in [1.54, 1.807) is 24.7 Å². The highest BCUT2D eigenvalue weighted by Gasteiger charge is 2.15. The fourth-order valence-corrected chi connectivity index (χ4v) is 2.12. The number of carbonyl (C=O) groups is 1. The van der Waals surface area contributed by atoms with Gasteiger partial charge in [-0.2, -0.15) is 0 Å². The summed E-state index contributed by atoms with van der Waals surface area (Å²) in [5, 5.41) is 2.84. The van der Waals surface area contributed by atoms with E-state index >= 15 is 0 Å². The molecule has 2 rings (SSSR count). The average Bonchev–Trinajstić information content (AvgIpc) is 2.47. The summed E-state index contributed by atoms with van der Waals surface area (Å²) in [5.41, 5.74) is 3.43. The first-order valence-electron chi connectivity index (χ1n) is 6.79. The molecule has 0 aliphatic carbocycles. The number of rotatable bonds is 4. The van der Waals surface area contributed by atoms with Crippen molar-refractivity contribution in [2.75, 3.05) is 5.32 Å². The molecule has 1 atom stereocenters. The Morgan fingerprint density at radius 1 is 1.35 bits per heavy atom. The maximum atomic E-state index is 12.3. The molecule has 1 unspecified atom stereocenters. The molecule has 0 bridgehead atoms. The predicted octanol–water partition coefficient (Wildman–Crippen LogP) is 3.80.